The van der Waals surface area contributed by atoms with Crippen molar-refractivity contribution in [3.05, 3.63) is 0 Å². The molecule has 0 aromatic heterocycles. The van der Waals surface area contributed by atoms with E-state index in [-0.39, 0.29) is 12.5 Å². The maximum atomic E-state index is 11.7. The van der Waals surface area contributed by atoms with Crippen LogP contribution in [0.15, 0.2) is 0 Å². The van der Waals surface area contributed by atoms with Crippen molar-refractivity contribution in [3.63, 3.8) is 0 Å². The Morgan fingerprint density at radius 3 is 2.29 bits per heavy atom. The molecule has 14 heavy (non-hydrogen) atoms. The molecule has 0 bridgehead atoms. The quantitative estimate of drug-likeness (QED) is 0.698. The van der Waals surface area contributed by atoms with Crippen LogP contribution in [-0.2, 0) is 4.79 Å². The van der Waals surface area contributed by atoms with Gasteiger partial charge in [-0.25, -0.2) is 0 Å². The number of hydrogen-bond donors (Lipinski definition) is 1. The molecule has 0 radical (unpaired) electrons. The highest BCUT2D eigenvalue weighted by atomic mass is 16.3. The third kappa shape index (κ3) is 4.09. The topological polar surface area (TPSA) is 40.5 Å². The molecule has 1 rings (SSSR count). The van der Waals surface area contributed by atoms with E-state index in [1.165, 1.54) is 12.8 Å². The first-order chi connectivity index (χ1) is 6.84. The summed E-state index contributed by atoms with van der Waals surface area (Å²) < 4.78 is 0. The number of unbranched alkanes of at least 4 members (excludes halogenated alkanes) is 1. The van der Waals surface area contributed by atoms with Crippen LogP contribution in [0, 0.1) is 0 Å². The summed E-state index contributed by atoms with van der Waals surface area (Å²) in [7, 11) is 0. The lowest BCUT2D eigenvalue weighted by Gasteiger charge is -2.19. The lowest BCUT2D eigenvalue weighted by molar-refractivity contribution is -0.131. The molecule has 0 aromatic rings. The van der Waals surface area contributed by atoms with Crippen LogP contribution in [-0.4, -0.2) is 35.6 Å². The van der Waals surface area contributed by atoms with Crippen LogP contribution in [0.1, 0.15) is 44.9 Å². The summed E-state index contributed by atoms with van der Waals surface area (Å²) in [4.78, 5) is 13.7. The third-order valence-corrected chi connectivity index (χ3v) is 2.76. The van der Waals surface area contributed by atoms with Crippen LogP contribution in [0.5, 0.6) is 0 Å². The number of amides is 1. The van der Waals surface area contributed by atoms with E-state index in [0.29, 0.717) is 6.42 Å². The molecule has 1 saturated heterocycles. The van der Waals surface area contributed by atoms with Crippen LogP contribution >= 0.6 is 0 Å². The van der Waals surface area contributed by atoms with Gasteiger partial charge in [-0.3, -0.25) is 4.79 Å². The summed E-state index contributed by atoms with van der Waals surface area (Å²) >= 11 is 0. The third-order valence-electron chi connectivity index (χ3n) is 2.76. The maximum absolute atomic E-state index is 11.7. The molecule has 1 fully saturated rings. The van der Waals surface area contributed by atoms with Gasteiger partial charge in [0.15, 0.2) is 0 Å². The van der Waals surface area contributed by atoms with Crippen LogP contribution in [0.25, 0.3) is 0 Å². The molecule has 1 heterocycles. The molecule has 0 saturated carbocycles. The zero-order valence-corrected chi connectivity index (χ0v) is 8.87. The first-order valence-corrected chi connectivity index (χ1v) is 5.73. The van der Waals surface area contributed by atoms with Gasteiger partial charge < -0.3 is 10.0 Å². The fourth-order valence-corrected chi connectivity index (χ4v) is 1.87. The van der Waals surface area contributed by atoms with Crippen LogP contribution < -0.4 is 0 Å². The Balaban J connectivity index is 2.20. The van der Waals surface area contributed by atoms with E-state index in [2.05, 4.69) is 0 Å². The van der Waals surface area contributed by atoms with Gasteiger partial charge >= 0.3 is 0 Å². The van der Waals surface area contributed by atoms with E-state index in [4.69, 9.17) is 5.11 Å². The Labute approximate surface area is 86.1 Å². The molecule has 1 aliphatic heterocycles. The van der Waals surface area contributed by atoms with Crippen LogP contribution in [0.2, 0.25) is 0 Å². The molecular weight excluding hydrogens is 178 g/mol. The van der Waals surface area contributed by atoms with Gasteiger partial charge in [0, 0.05) is 26.1 Å². The van der Waals surface area contributed by atoms with Gasteiger partial charge in [-0.2, -0.15) is 0 Å². The average Bonchev–Trinajstić information content (AvgIpc) is 2.46. The second kappa shape index (κ2) is 6.82. The molecule has 0 atom stereocenters. The van der Waals surface area contributed by atoms with Gasteiger partial charge in [0.25, 0.3) is 0 Å². The van der Waals surface area contributed by atoms with E-state index < -0.39 is 0 Å². The van der Waals surface area contributed by atoms with Crippen molar-refractivity contribution >= 4 is 5.91 Å². The van der Waals surface area contributed by atoms with Gasteiger partial charge in [-0.1, -0.05) is 12.8 Å². The normalized spacial score (nSPS) is 17.9. The lowest BCUT2D eigenvalue weighted by atomic mass is 10.2. The van der Waals surface area contributed by atoms with E-state index in [0.717, 1.165) is 38.8 Å². The largest absolute Gasteiger partial charge is 0.396 e. The molecule has 0 aliphatic carbocycles. The minimum Gasteiger partial charge on any atom is -0.396 e. The zero-order valence-electron chi connectivity index (χ0n) is 8.87. The summed E-state index contributed by atoms with van der Waals surface area (Å²) in [5.74, 6) is 0.278. The highest BCUT2D eigenvalue weighted by Crippen LogP contribution is 2.11. The number of likely N-dealkylation sites (tertiary alicyclic amines) is 1. The van der Waals surface area contributed by atoms with Crippen LogP contribution in [0.4, 0.5) is 0 Å². The lowest BCUT2D eigenvalue weighted by Crippen LogP contribution is -2.31. The van der Waals surface area contributed by atoms with Crippen molar-refractivity contribution < 1.29 is 9.90 Å². The minimum absolute atomic E-state index is 0.202. The van der Waals surface area contributed by atoms with E-state index >= 15 is 0 Å². The number of nitrogens with zero attached hydrogens (tertiary/aromatic N) is 1. The summed E-state index contributed by atoms with van der Waals surface area (Å²) in [6.45, 7) is 2.09. The SMILES string of the molecule is O=C(CCCCO)N1CCCCCC1. The molecule has 1 aliphatic rings. The van der Waals surface area contributed by atoms with Crippen molar-refractivity contribution in [2.45, 2.75) is 44.9 Å². The van der Waals surface area contributed by atoms with Crippen LogP contribution in [0.3, 0.4) is 0 Å². The van der Waals surface area contributed by atoms with Crippen molar-refractivity contribution in [2.75, 3.05) is 19.7 Å². The van der Waals surface area contributed by atoms with Crippen molar-refractivity contribution in [1.29, 1.82) is 0 Å². The Kier molecular flexibility index (Phi) is 5.60. The van der Waals surface area contributed by atoms with E-state index in [1.807, 2.05) is 4.90 Å². The molecule has 3 heteroatoms. The number of carbonyl (C=O) groups is 1. The van der Waals surface area contributed by atoms with Gasteiger partial charge in [0.2, 0.25) is 5.91 Å². The predicted molar refractivity (Wildman–Crippen MR) is 56.0 cm³/mol. The fraction of sp³-hybridized carbons (Fsp3) is 0.909. The molecule has 3 nitrogen and oxygen atoms in total. The van der Waals surface area contributed by atoms with Gasteiger partial charge in [-0.05, 0) is 25.7 Å². The van der Waals surface area contributed by atoms with Gasteiger partial charge in [0.1, 0.15) is 0 Å². The number of carbonyl (C=O) groups excluding carboxylic acids is 1. The molecule has 0 aromatic carbocycles. The smallest absolute Gasteiger partial charge is 0.222 e. The molecule has 82 valence electrons. The standard InChI is InChI=1S/C11H21NO2/c13-10-6-3-7-11(14)12-8-4-1-2-5-9-12/h13H,1-10H2. The summed E-state index contributed by atoms with van der Waals surface area (Å²) in [5, 5.41) is 8.61. The first-order valence-electron chi connectivity index (χ1n) is 5.73. The van der Waals surface area contributed by atoms with Gasteiger partial charge in [-0.15, -0.1) is 0 Å². The second-order valence-corrected chi connectivity index (χ2v) is 3.98. The molecular formula is C11H21NO2. The molecule has 1 N–H and O–H groups in total. The second-order valence-electron chi connectivity index (χ2n) is 3.98. The summed E-state index contributed by atoms with van der Waals surface area (Å²) in [6, 6.07) is 0. The number of rotatable bonds is 4. The number of aliphatic hydroxyl groups is 1. The Morgan fingerprint density at radius 1 is 1.07 bits per heavy atom. The fourth-order valence-electron chi connectivity index (χ4n) is 1.87. The maximum Gasteiger partial charge on any atom is 0.222 e. The highest BCUT2D eigenvalue weighted by Gasteiger charge is 2.14. The number of hydrogen-bond acceptors (Lipinski definition) is 2. The first kappa shape index (κ1) is 11.5. The predicted octanol–water partition coefficient (Wildman–Crippen LogP) is 1.55. The summed E-state index contributed by atoms with van der Waals surface area (Å²) in [6.07, 6.45) is 7.03. The molecule has 1 amide bonds. The van der Waals surface area contributed by atoms with Crippen molar-refractivity contribution in [2.24, 2.45) is 0 Å². The molecule has 0 spiro atoms. The minimum atomic E-state index is 0.202. The number of aliphatic hydroxyl groups excluding tert-OH is 1. The van der Waals surface area contributed by atoms with Crippen molar-refractivity contribution in [3.8, 4) is 0 Å². The molecule has 0 unspecified atom stereocenters. The Morgan fingerprint density at radius 2 is 1.71 bits per heavy atom. The van der Waals surface area contributed by atoms with Crippen molar-refractivity contribution in [1.82, 2.24) is 4.90 Å². The van der Waals surface area contributed by atoms with E-state index in [1.54, 1.807) is 0 Å². The average molecular weight is 199 g/mol. The van der Waals surface area contributed by atoms with E-state index in [9.17, 15) is 4.79 Å². The Bertz CT molecular complexity index is 163. The summed E-state index contributed by atoms with van der Waals surface area (Å²) in [5.41, 5.74) is 0. The highest BCUT2D eigenvalue weighted by molar-refractivity contribution is 5.76. The Hall–Kier alpha value is -0.570. The van der Waals surface area contributed by atoms with Gasteiger partial charge in [0.05, 0.1) is 0 Å². The monoisotopic (exact) mass is 199 g/mol. The zero-order chi connectivity index (χ0) is 10.2.